The molecule has 1 fully saturated rings. The number of hydrogen-bond donors (Lipinski definition) is 0. The fraction of sp³-hybridized carbons (Fsp3) is 0.375. The second-order valence-electron chi connectivity index (χ2n) is 8.52. The van der Waals surface area contributed by atoms with Crippen LogP contribution in [0.15, 0.2) is 42.9 Å². The molecule has 0 atom stereocenters. The lowest BCUT2D eigenvalue weighted by Crippen LogP contribution is -2.38. The molecule has 9 nitrogen and oxygen atoms in total. The first-order valence-electron chi connectivity index (χ1n) is 11.2. The van der Waals surface area contributed by atoms with Crippen LogP contribution in [0.2, 0.25) is 0 Å². The number of likely N-dealkylation sites (tertiary alicyclic amines) is 1. The van der Waals surface area contributed by atoms with Crippen molar-refractivity contribution in [3.8, 4) is 5.75 Å². The minimum atomic E-state index is 0.0475. The summed E-state index contributed by atoms with van der Waals surface area (Å²) in [6, 6.07) is 9.70. The maximum absolute atomic E-state index is 13.3. The summed E-state index contributed by atoms with van der Waals surface area (Å²) in [6.07, 6.45) is 5.05. The molecular formula is C24H27N7O2. The molecular weight excluding hydrogens is 418 g/mol. The zero-order valence-electron chi connectivity index (χ0n) is 19.1. The average molecular weight is 446 g/mol. The quantitative estimate of drug-likeness (QED) is 0.469. The summed E-state index contributed by atoms with van der Waals surface area (Å²) < 4.78 is 9.29. The van der Waals surface area contributed by atoms with E-state index in [9.17, 15) is 4.79 Å². The van der Waals surface area contributed by atoms with E-state index in [0.29, 0.717) is 36.9 Å². The summed E-state index contributed by atoms with van der Waals surface area (Å²) in [4.78, 5) is 23.7. The summed E-state index contributed by atoms with van der Waals surface area (Å²) in [7, 11) is 1.65. The van der Waals surface area contributed by atoms with Crippen LogP contribution in [0, 0.1) is 13.8 Å². The van der Waals surface area contributed by atoms with Crippen molar-refractivity contribution in [1.82, 2.24) is 34.3 Å². The summed E-state index contributed by atoms with van der Waals surface area (Å²) >= 11 is 0. The number of piperidine rings is 1. The van der Waals surface area contributed by atoms with Crippen LogP contribution in [0.3, 0.4) is 0 Å². The first-order valence-corrected chi connectivity index (χ1v) is 11.2. The van der Waals surface area contributed by atoms with E-state index in [1.165, 1.54) is 6.33 Å². The molecule has 1 aliphatic heterocycles. The van der Waals surface area contributed by atoms with E-state index in [1.54, 1.807) is 17.8 Å². The van der Waals surface area contributed by atoms with Crippen molar-refractivity contribution in [3.63, 3.8) is 0 Å². The van der Waals surface area contributed by atoms with Crippen LogP contribution in [-0.2, 0) is 6.54 Å². The Kier molecular flexibility index (Phi) is 5.53. The van der Waals surface area contributed by atoms with Crippen molar-refractivity contribution < 1.29 is 9.53 Å². The van der Waals surface area contributed by atoms with Gasteiger partial charge in [0.1, 0.15) is 12.1 Å². The van der Waals surface area contributed by atoms with Gasteiger partial charge in [-0.05, 0) is 57.0 Å². The molecule has 5 rings (SSSR count). The van der Waals surface area contributed by atoms with Crippen molar-refractivity contribution in [2.75, 3.05) is 20.2 Å². The lowest BCUT2D eigenvalue weighted by Gasteiger charge is -2.32. The normalized spacial score (nSPS) is 14.7. The minimum Gasteiger partial charge on any atom is -0.496 e. The van der Waals surface area contributed by atoms with Crippen molar-refractivity contribution in [3.05, 3.63) is 71.1 Å². The number of hydrogen-bond acceptors (Lipinski definition) is 6. The third-order valence-electron chi connectivity index (χ3n) is 6.36. The Labute approximate surface area is 192 Å². The number of aromatic nitrogens is 6. The number of methoxy groups -OCH3 is 1. The van der Waals surface area contributed by atoms with Gasteiger partial charge in [0.15, 0.2) is 0 Å². The van der Waals surface area contributed by atoms with Gasteiger partial charge in [-0.15, -0.1) is 0 Å². The van der Waals surface area contributed by atoms with Gasteiger partial charge in [0.05, 0.1) is 25.0 Å². The van der Waals surface area contributed by atoms with Crippen LogP contribution in [0.4, 0.5) is 0 Å². The number of benzene rings is 1. The lowest BCUT2D eigenvalue weighted by atomic mass is 9.93. The second-order valence-corrected chi connectivity index (χ2v) is 8.52. The lowest BCUT2D eigenvalue weighted by molar-refractivity contribution is 0.0711. The number of fused-ring (bicyclic) bond motifs is 1. The van der Waals surface area contributed by atoms with Gasteiger partial charge in [0.2, 0.25) is 0 Å². The standard InChI is InChI=1S/C24H27N7O2/c1-16-12-17(2)30(28-16)14-20-13-19(4-5-22(20)33-3)23(32)29-10-7-18(8-11-29)21-6-9-25-24-26-15-27-31(21)24/h4-6,9,12-13,15,18H,7-8,10-11,14H2,1-3H3. The Morgan fingerprint density at radius 1 is 1.12 bits per heavy atom. The SMILES string of the molecule is COc1ccc(C(=O)N2CCC(c3ccnc4ncnn34)CC2)cc1Cn1nc(C)cc1C. The van der Waals surface area contributed by atoms with Crippen LogP contribution in [-0.4, -0.2) is 60.4 Å². The number of nitrogens with zero attached hydrogens (tertiary/aromatic N) is 7. The molecule has 0 N–H and O–H groups in total. The van der Waals surface area contributed by atoms with E-state index in [-0.39, 0.29) is 5.91 Å². The Bertz CT molecular complexity index is 1300. The molecule has 1 aromatic carbocycles. The summed E-state index contributed by atoms with van der Waals surface area (Å²) in [5.41, 5.74) is 4.76. The molecule has 4 heterocycles. The number of aryl methyl sites for hydroxylation is 2. The van der Waals surface area contributed by atoms with Crippen LogP contribution >= 0.6 is 0 Å². The first kappa shape index (κ1) is 21.1. The molecule has 0 unspecified atom stereocenters. The smallest absolute Gasteiger partial charge is 0.253 e. The van der Waals surface area contributed by atoms with Gasteiger partial charge in [-0.1, -0.05) is 0 Å². The zero-order chi connectivity index (χ0) is 22.9. The summed E-state index contributed by atoms with van der Waals surface area (Å²) in [5, 5.41) is 8.86. The van der Waals surface area contributed by atoms with Crippen molar-refractivity contribution >= 4 is 11.7 Å². The zero-order valence-corrected chi connectivity index (χ0v) is 19.1. The van der Waals surface area contributed by atoms with Gasteiger partial charge < -0.3 is 9.64 Å². The molecule has 0 saturated carbocycles. The highest BCUT2D eigenvalue weighted by molar-refractivity contribution is 5.94. The Balaban J connectivity index is 1.31. The van der Waals surface area contributed by atoms with E-state index < -0.39 is 0 Å². The van der Waals surface area contributed by atoms with Crippen molar-refractivity contribution in [1.29, 1.82) is 0 Å². The number of carbonyl (C=O) groups excluding carboxylic acids is 1. The molecule has 1 saturated heterocycles. The molecule has 1 amide bonds. The minimum absolute atomic E-state index is 0.0475. The highest BCUT2D eigenvalue weighted by atomic mass is 16.5. The van der Waals surface area contributed by atoms with E-state index >= 15 is 0 Å². The molecule has 0 spiro atoms. The number of ether oxygens (including phenoxy) is 1. The van der Waals surface area contributed by atoms with E-state index in [1.807, 2.05) is 53.8 Å². The number of carbonyl (C=O) groups is 1. The van der Waals surface area contributed by atoms with Crippen LogP contribution in [0.5, 0.6) is 5.75 Å². The maximum Gasteiger partial charge on any atom is 0.253 e. The topological polar surface area (TPSA) is 90.4 Å². The molecule has 0 bridgehead atoms. The van der Waals surface area contributed by atoms with Crippen molar-refractivity contribution in [2.24, 2.45) is 0 Å². The monoisotopic (exact) mass is 445 g/mol. The fourth-order valence-electron chi connectivity index (χ4n) is 4.66. The van der Waals surface area contributed by atoms with Gasteiger partial charge in [-0.3, -0.25) is 9.48 Å². The van der Waals surface area contributed by atoms with Gasteiger partial charge in [-0.25, -0.2) is 9.50 Å². The highest BCUT2D eigenvalue weighted by Crippen LogP contribution is 2.29. The number of amides is 1. The molecule has 170 valence electrons. The number of rotatable bonds is 5. The highest BCUT2D eigenvalue weighted by Gasteiger charge is 2.27. The summed E-state index contributed by atoms with van der Waals surface area (Å²) in [5.74, 6) is 1.73. The predicted octanol–water partition coefficient (Wildman–Crippen LogP) is 3.01. The molecule has 0 aliphatic carbocycles. The Morgan fingerprint density at radius 3 is 2.67 bits per heavy atom. The predicted molar refractivity (Wildman–Crippen MR) is 122 cm³/mol. The molecule has 4 aromatic rings. The van der Waals surface area contributed by atoms with Crippen LogP contribution < -0.4 is 4.74 Å². The molecule has 3 aromatic heterocycles. The van der Waals surface area contributed by atoms with Crippen LogP contribution in [0.25, 0.3) is 5.78 Å². The third kappa shape index (κ3) is 4.06. The second kappa shape index (κ2) is 8.65. The van der Waals surface area contributed by atoms with Crippen LogP contribution in [0.1, 0.15) is 51.8 Å². The van der Waals surface area contributed by atoms with Gasteiger partial charge in [-0.2, -0.15) is 15.2 Å². The third-order valence-corrected chi connectivity index (χ3v) is 6.36. The molecule has 33 heavy (non-hydrogen) atoms. The van der Waals surface area contributed by atoms with Gasteiger partial charge >= 0.3 is 0 Å². The van der Waals surface area contributed by atoms with E-state index in [0.717, 1.165) is 41.2 Å². The summed E-state index contributed by atoms with van der Waals surface area (Å²) in [6.45, 7) is 5.95. The van der Waals surface area contributed by atoms with Gasteiger partial charge in [0.25, 0.3) is 11.7 Å². The van der Waals surface area contributed by atoms with Crippen molar-refractivity contribution in [2.45, 2.75) is 39.2 Å². The maximum atomic E-state index is 13.3. The van der Waals surface area contributed by atoms with E-state index in [2.05, 4.69) is 20.2 Å². The molecule has 9 heteroatoms. The van der Waals surface area contributed by atoms with E-state index in [4.69, 9.17) is 4.74 Å². The fourth-order valence-corrected chi connectivity index (χ4v) is 4.66. The average Bonchev–Trinajstić information content (AvgIpc) is 3.44. The largest absolute Gasteiger partial charge is 0.496 e. The first-order chi connectivity index (χ1) is 16.0. The molecule has 0 radical (unpaired) electrons. The Morgan fingerprint density at radius 2 is 1.94 bits per heavy atom. The van der Waals surface area contributed by atoms with Gasteiger partial charge in [0, 0.05) is 42.0 Å². The molecule has 1 aliphatic rings. The Hall–Kier alpha value is -3.75.